The largest absolute Gasteiger partial charge is 0.481 e. The van der Waals surface area contributed by atoms with E-state index >= 15 is 0 Å². The number of carboxylic acids is 1. The molecule has 7 nitrogen and oxygen atoms in total. The van der Waals surface area contributed by atoms with Gasteiger partial charge in [-0.1, -0.05) is 6.92 Å². The second kappa shape index (κ2) is 6.63. The fourth-order valence-electron chi connectivity index (χ4n) is 1.47. The highest BCUT2D eigenvalue weighted by Gasteiger charge is 2.17. The summed E-state index contributed by atoms with van der Waals surface area (Å²) < 4.78 is 0. The van der Waals surface area contributed by atoms with E-state index in [9.17, 15) is 9.59 Å². The van der Waals surface area contributed by atoms with Gasteiger partial charge in [0.05, 0.1) is 13.0 Å². The third-order valence-corrected chi connectivity index (χ3v) is 2.53. The molecule has 0 spiro atoms. The molecule has 0 aliphatic heterocycles. The lowest BCUT2D eigenvalue weighted by Crippen LogP contribution is -2.43. The molecule has 0 radical (unpaired) electrons. The first-order chi connectivity index (χ1) is 8.52. The molecule has 18 heavy (non-hydrogen) atoms. The summed E-state index contributed by atoms with van der Waals surface area (Å²) in [5, 5.41) is 11.4. The lowest BCUT2D eigenvalue weighted by atomic mass is 10.1. The molecular weight excluding hydrogens is 236 g/mol. The van der Waals surface area contributed by atoms with Crippen LogP contribution in [-0.4, -0.2) is 45.1 Å². The molecule has 100 valence electrons. The second-order valence-electron chi connectivity index (χ2n) is 4.04. The molecule has 2 amide bonds. The number of aromatic nitrogens is 2. The average Bonchev–Trinajstić information content (AvgIpc) is 2.80. The number of nitrogens with zero attached hydrogens (tertiary/aromatic N) is 2. The molecule has 7 heteroatoms. The topological polar surface area (TPSA) is 98.3 Å². The maximum Gasteiger partial charge on any atom is 0.317 e. The van der Waals surface area contributed by atoms with E-state index in [1.807, 2.05) is 6.92 Å². The summed E-state index contributed by atoms with van der Waals surface area (Å²) >= 11 is 0. The Labute approximate surface area is 105 Å². The Hall–Kier alpha value is -2.05. The summed E-state index contributed by atoms with van der Waals surface area (Å²) in [6.07, 6.45) is 3.80. The first kappa shape index (κ1) is 14.0. The van der Waals surface area contributed by atoms with E-state index in [4.69, 9.17) is 5.11 Å². The summed E-state index contributed by atoms with van der Waals surface area (Å²) in [7, 11) is 1.63. The van der Waals surface area contributed by atoms with Crippen LogP contribution in [0.1, 0.15) is 25.6 Å². The van der Waals surface area contributed by atoms with Crippen LogP contribution in [0.15, 0.2) is 12.4 Å². The van der Waals surface area contributed by atoms with Crippen LogP contribution in [0, 0.1) is 0 Å². The van der Waals surface area contributed by atoms with Gasteiger partial charge in [0.2, 0.25) is 0 Å². The number of carboxylic acid groups (broad SMARTS) is 1. The third-order valence-electron chi connectivity index (χ3n) is 2.53. The van der Waals surface area contributed by atoms with Crippen LogP contribution < -0.4 is 5.32 Å². The number of aliphatic carboxylic acids is 1. The quantitative estimate of drug-likeness (QED) is 0.699. The number of hydrogen-bond donors (Lipinski definition) is 3. The van der Waals surface area contributed by atoms with Crippen molar-refractivity contribution in [2.45, 2.75) is 32.4 Å². The SMILES string of the molecule is CCC(CC(=O)O)NC(=O)N(C)Cc1ncc[nH]1. The number of rotatable bonds is 6. The minimum atomic E-state index is -0.921. The molecule has 3 N–H and O–H groups in total. The van der Waals surface area contributed by atoms with E-state index in [2.05, 4.69) is 15.3 Å². The highest BCUT2D eigenvalue weighted by atomic mass is 16.4. The Kier molecular flexibility index (Phi) is 5.16. The fraction of sp³-hybridized carbons (Fsp3) is 0.545. The predicted octanol–water partition coefficient (Wildman–Crippen LogP) is 0.804. The molecule has 0 bridgehead atoms. The van der Waals surface area contributed by atoms with E-state index in [1.54, 1.807) is 19.4 Å². The van der Waals surface area contributed by atoms with E-state index in [-0.39, 0.29) is 18.5 Å². The van der Waals surface area contributed by atoms with Gasteiger partial charge in [0.25, 0.3) is 0 Å². The van der Waals surface area contributed by atoms with Crippen molar-refractivity contribution in [1.29, 1.82) is 0 Å². The second-order valence-corrected chi connectivity index (χ2v) is 4.04. The number of carbonyl (C=O) groups is 2. The Balaban J connectivity index is 2.45. The molecule has 1 unspecified atom stereocenters. The summed E-state index contributed by atoms with van der Waals surface area (Å²) in [6, 6.07) is -0.659. The molecule has 1 atom stereocenters. The van der Waals surface area contributed by atoms with Gasteiger partial charge in [-0.15, -0.1) is 0 Å². The van der Waals surface area contributed by atoms with Gasteiger partial charge < -0.3 is 20.3 Å². The smallest absolute Gasteiger partial charge is 0.317 e. The van der Waals surface area contributed by atoms with Gasteiger partial charge in [-0.05, 0) is 6.42 Å². The van der Waals surface area contributed by atoms with Crippen LogP contribution in [0.5, 0.6) is 0 Å². The van der Waals surface area contributed by atoms with Crippen LogP contribution in [0.25, 0.3) is 0 Å². The molecular formula is C11H18N4O3. The fourth-order valence-corrected chi connectivity index (χ4v) is 1.47. The van der Waals surface area contributed by atoms with Gasteiger partial charge in [-0.2, -0.15) is 0 Å². The standard InChI is InChI=1S/C11H18N4O3/c1-3-8(6-10(16)17)14-11(18)15(2)7-9-12-4-5-13-9/h4-5,8H,3,6-7H2,1-2H3,(H,12,13)(H,14,18)(H,16,17). The van der Waals surface area contributed by atoms with E-state index in [0.29, 0.717) is 18.8 Å². The first-order valence-electron chi connectivity index (χ1n) is 5.74. The Morgan fingerprint density at radius 2 is 2.33 bits per heavy atom. The number of urea groups is 1. The van der Waals surface area contributed by atoms with Gasteiger partial charge >= 0.3 is 12.0 Å². The molecule has 0 aliphatic carbocycles. The van der Waals surface area contributed by atoms with Crippen LogP contribution in [0.3, 0.4) is 0 Å². The average molecular weight is 254 g/mol. The highest BCUT2D eigenvalue weighted by Crippen LogP contribution is 2.01. The minimum Gasteiger partial charge on any atom is -0.481 e. The summed E-state index contributed by atoms with van der Waals surface area (Å²) in [5.41, 5.74) is 0. The van der Waals surface area contributed by atoms with Crippen molar-refractivity contribution in [3.63, 3.8) is 0 Å². The zero-order chi connectivity index (χ0) is 13.5. The van der Waals surface area contributed by atoms with E-state index < -0.39 is 5.97 Å². The normalized spacial score (nSPS) is 11.9. The zero-order valence-electron chi connectivity index (χ0n) is 10.5. The van der Waals surface area contributed by atoms with Crippen LogP contribution in [0.4, 0.5) is 4.79 Å². The van der Waals surface area contributed by atoms with Gasteiger partial charge in [-0.3, -0.25) is 4.79 Å². The van der Waals surface area contributed by atoms with Crippen molar-refractivity contribution in [3.05, 3.63) is 18.2 Å². The van der Waals surface area contributed by atoms with Gasteiger partial charge in [-0.25, -0.2) is 9.78 Å². The highest BCUT2D eigenvalue weighted by molar-refractivity contribution is 5.75. The first-order valence-corrected chi connectivity index (χ1v) is 5.74. The summed E-state index contributed by atoms with van der Waals surface area (Å²) in [6.45, 7) is 2.18. The maximum atomic E-state index is 11.8. The van der Waals surface area contributed by atoms with Crippen molar-refractivity contribution in [1.82, 2.24) is 20.2 Å². The van der Waals surface area contributed by atoms with Gasteiger partial charge in [0.15, 0.2) is 0 Å². The minimum absolute atomic E-state index is 0.0726. The third kappa shape index (κ3) is 4.44. The molecule has 1 aromatic heterocycles. The molecule has 0 saturated heterocycles. The lowest BCUT2D eigenvalue weighted by Gasteiger charge is -2.21. The molecule has 1 aromatic rings. The summed E-state index contributed by atoms with van der Waals surface area (Å²) in [5.74, 6) is -0.241. The Bertz CT molecular complexity index is 391. The van der Waals surface area contributed by atoms with E-state index in [1.165, 1.54) is 4.90 Å². The number of H-pyrrole nitrogens is 1. The number of amides is 2. The van der Waals surface area contributed by atoms with Crippen molar-refractivity contribution < 1.29 is 14.7 Å². The van der Waals surface area contributed by atoms with Gasteiger partial charge in [0.1, 0.15) is 5.82 Å². The molecule has 0 saturated carbocycles. The zero-order valence-corrected chi connectivity index (χ0v) is 10.5. The molecule has 0 fully saturated rings. The Morgan fingerprint density at radius 3 is 2.83 bits per heavy atom. The molecule has 0 aromatic carbocycles. The number of aromatic amines is 1. The van der Waals surface area contributed by atoms with Crippen LogP contribution in [0.2, 0.25) is 0 Å². The van der Waals surface area contributed by atoms with Gasteiger partial charge in [0, 0.05) is 25.5 Å². The monoisotopic (exact) mass is 254 g/mol. The lowest BCUT2D eigenvalue weighted by molar-refractivity contribution is -0.137. The number of carbonyl (C=O) groups excluding carboxylic acids is 1. The van der Waals surface area contributed by atoms with Crippen molar-refractivity contribution in [2.75, 3.05) is 7.05 Å². The Morgan fingerprint density at radius 1 is 1.61 bits per heavy atom. The van der Waals surface area contributed by atoms with E-state index in [0.717, 1.165) is 0 Å². The maximum absolute atomic E-state index is 11.8. The predicted molar refractivity (Wildman–Crippen MR) is 64.9 cm³/mol. The molecule has 1 rings (SSSR count). The van der Waals surface area contributed by atoms with Crippen molar-refractivity contribution in [3.8, 4) is 0 Å². The number of imidazole rings is 1. The summed E-state index contributed by atoms with van der Waals surface area (Å²) in [4.78, 5) is 30.8. The number of hydrogen-bond acceptors (Lipinski definition) is 3. The van der Waals surface area contributed by atoms with Crippen molar-refractivity contribution in [2.24, 2.45) is 0 Å². The molecule has 0 aliphatic rings. The number of nitrogens with one attached hydrogen (secondary N) is 2. The molecule has 1 heterocycles. The van der Waals surface area contributed by atoms with Crippen molar-refractivity contribution >= 4 is 12.0 Å². The van der Waals surface area contributed by atoms with Crippen LogP contribution >= 0.6 is 0 Å². The van der Waals surface area contributed by atoms with Crippen LogP contribution in [-0.2, 0) is 11.3 Å².